The molecule has 0 saturated carbocycles. The van der Waals surface area contributed by atoms with E-state index >= 15 is 0 Å². The number of hydrogen-bond donors (Lipinski definition) is 2. The molecule has 3 aromatic rings. The predicted octanol–water partition coefficient (Wildman–Crippen LogP) is 3.55. The standard InChI is InChI=1S/C19H17FN2O3/c1-2-21-17-14-5-3-4-6-15(14)25-19(24)18(17)22-16(23)11-12-7-9-13(20)10-8-12/h3-10,21H,2,11H2,1H3,(H,22,23). The molecular weight excluding hydrogens is 323 g/mol. The lowest BCUT2D eigenvalue weighted by Crippen LogP contribution is -2.21. The number of amides is 1. The monoisotopic (exact) mass is 340 g/mol. The van der Waals surface area contributed by atoms with Crippen molar-refractivity contribution in [1.82, 2.24) is 0 Å². The zero-order valence-electron chi connectivity index (χ0n) is 13.6. The summed E-state index contributed by atoms with van der Waals surface area (Å²) in [6, 6.07) is 12.7. The maximum atomic E-state index is 12.9. The largest absolute Gasteiger partial charge is 0.421 e. The van der Waals surface area contributed by atoms with Crippen LogP contribution in [0.5, 0.6) is 0 Å². The molecule has 2 aromatic carbocycles. The molecule has 0 bridgehead atoms. The molecule has 5 nitrogen and oxygen atoms in total. The summed E-state index contributed by atoms with van der Waals surface area (Å²) in [4.78, 5) is 24.6. The molecule has 3 rings (SSSR count). The van der Waals surface area contributed by atoms with E-state index in [2.05, 4.69) is 10.6 Å². The van der Waals surface area contributed by atoms with Crippen LogP contribution in [0.4, 0.5) is 15.8 Å². The fourth-order valence-corrected chi connectivity index (χ4v) is 2.59. The summed E-state index contributed by atoms with van der Waals surface area (Å²) >= 11 is 0. The van der Waals surface area contributed by atoms with Crippen LogP contribution in [0, 0.1) is 5.82 Å². The molecule has 0 saturated heterocycles. The first-order valence-corrected chi connectivity index (χ1v) is 7.92. The van der Waals surface area contributed by atoms with E-state index in [0.29, 0.717) is 28.8 Å². The number of para-hydroxylation sites is 1. The SMILES string of the molecule is CCNc1c(NC(=O)Cc2ccc(F)cc2)c(=O)oc2ccccc12. The summed E-state index contributed by atoms with van der Waals surface area (Å²) in [5.41, 5.74) is 1.07. The minimum atomic E-state index is -0.623. The molecule has 0 spiro atoms. The summed E-state index contributed by atoms with van der Waals surface area (Å²) in [5, 5.41) is 6.44. The van der Waals surface area contributed by atoms with E-state index in [1.807, 2.05) is 19.1 Å². The van der Waals surface area contributed by atoms with Gasteiger partial charge in [-0.1, -0.05) is 24.3 Å². The molecule has 1 heterocycles. The fourth-order valence-electron chi connectivity index (χ4n) is 2.59. The Balaban J connectivity index is 1.93. The van der Waals surface area contributed by atoms with Crippen molar-refractivity contribution in [2.75, 3.05) is 17.2 Å². The highest BCUT2D eigenvalue weighted by atomic mass is 19.1. The molecule has 0 aliphatic heterocycles. The first-order valence-electron chi connectivity index (χ1n) is 7.92. The summed E-state index contributed by atoms with van der Waals surface area (Å²) < 4.78 is 18.2. The lowest BCUT2D eigenvalue weighted by Gasteiger charge is -2.13. The maximum absolute atomic E-state index is 12.9. The fraction of sp³-hybridized carbons (Fsp3) is 0.158. The predicted molar refractivity (Wildman–Crippen MR) is 95.4 cm³/mol. The van der Waals surface area contributed by atoms with Crippen molar-refractivity contribution in [3.8, 4) is 0 Å². The third-order valence-electron chi connectivity index (χ3n) is 3.71. The highest BCUT2D eigenvalue weighted by molar-refractivity contribution is 6.02. The van der Waals surface area contributed by atoms with Gasteiger partial charge in [-0.2, -0.15) is 0 Å². The minimum Gasteiger partial charge on any atom is -0.421 e. The smallest absolute Gasteiger partial charge is 0.362 e. The zero-order valence-corrected chi connectivity index (χ0v) is 13.6. The van der Waals surface area contributed by atoms with Gasteiger partial charge >= 0.3 is 5.63 Å². The molecule has 0 fully saturated rings. The molecule has 0 aliphatic rings. The number of hydrogen-bond acceptors (Lipinski definition) is 4. The number of carbonyl (C=O) groups excluding carboxylic acids is 1. The van der Waals surface area contributed by atoms with Crippen molar-refractivity contribution in [2.24, 2.45) is 0 Å². The molecule has 0 unspecified atom stereocenters. The molecule has 1 aromatic heterocycles. The summed E-state index contributed by atoms with van der Waals surface area (Å²) in [6.45, 7) is 2.47. The molecule has 6 heteroatoms. The van der Waals surface area contributed by atoms with Crippen LogP contribution in [0.1, 0.15) is 12.5 Å². The minimum absolute atomic E-state index is 0.0259. The number of benzene rings is 2. The van der Waals surface area contributed by atoms with Gasteiger partial charge in [0.15, 0.2) is 5.69 Å². The summed E-state index contributed by atoms with van der Waals surface area (Å²) in [5.74, 6) is -0.748. The van der Waals surface area contributed by atoms with Crippen LogP contribution in [0.25, 0.3) is 11.0 Å². The van der Waals surface area contributed by atoms with Gasteiger partial charge in [0.1, 0.15) is 11.4 Å². The van der Waals surface area contributed by atoms with Crippen LogP contribution in [0.3, 0.4) is 0 Å². The molecule has 0 aliphatic carbocycles. The van der Waals surface area contributed by atoms with Crippen LogP contribution in [0.15, 0.2) is 57.7 Å². The van der Waals surface area contributed by atoms with E-state index in [4.69, 9.17) is 4.42 Å². The van der Waals surface area contributed by atoms with E-state index in [1.54, 1.807) is 12.1 Å². The number of halogens is 1. The molecule has 0 atom stereocenters. The molecule has 128 valence electrons. The highest BCUT2D eigenvalue weighted by Gasteiger charge is 2.16. The van der Waals surface area contributed by atoms with E-state index < -0.39 is 5.63 Å². The van der Waals surface area contributed by atoms with Gasteiger partial charge in [-0.25, -0.2) is 9.18 Å². The Morgan fingerprint density at radius 2 is 1.80 bits per heavy atom. The van der Waals surface area contributed by atoms with Crippen molar-refractivity contribution < 1.29 is 13.6 Å². The first-order chi connectivity index (χ1) is 12.1. The number of fused-ring (bicyclic) bond motifs is 1. The maximum Gasteiger partial charge on any atom is 0.362 e. The van der Waals surface area contributed by atoms with Gasteiger partial charge in [-0.3, -0.25) is 4.79 Å². The summed E-state index contributed by atoms with van der Waals surface area (Å²) in [6.07, 6.45) is 0.0259. The van der Waals surface area contributed by atoms with Crippen molar-refractivity contribution >= 4 is 28.3 Å². The quantitative estimate of drug-likeness (QED) is 0.697. The highest BCUT2D eigenvalue weighted by Crippen LogP contribution is 2.28. The number of nitrogens with one attached hydrogen (secondary N) is 2. The van der Waals surface area contributed by atoms with E-state index in [-0.39, 0.29) is 23.8 Å². The molecule has 0 radical (unpaired) electrons. The lowest BCUT2D eigenvalue weighted by molar-refractivity contribution is -0.115. The molecular formula is C19H17FN2O3. The lowest BCUT2D eigenvalue weighted by atomic mass is 10.1. The number of rotatable bonds is 5. The zero-order chi connectivity index (χ0) is 17.8. The second-order valence-corrected chi connectivity index (χ2v) is 5.52. The Labute approximate surface area is 143 Å². The van der Waals surface area contributed by atoms with Crippen LogP contribution in [0.2, 0.25) is 0 Å². The van der Waals surface area contributed by atoms with Gasteiger partial charge in [0, 0.05) is 11.9 Å². The second-order valence-electron chi connectivity index (χ2n) is 5.52. The Kier molecular flexibility index (Phi) is 4.79. The second kappa shape index (κ2) is 7.17. The molecule has 2 N–H and O–H groups in total. The van der Waals surface area contributed by atoms with Crippen molar-refractivity contribution in [2.45, 2.75) is 13.3 Å². The Hall–Kier alpha value is -3.15. The molecule has 1 amide bonds. The molecule has 25 heavy (non-hydrogen) atoms. The Morgan fingerprint density at radius 1 is 1.08 bits per heavy atom. The third kappa shape index (κ3) is 3.68. The number of anilines is 2. The van der Waals surface area contributed by atoms with Crippen molar-refractivity contribution in [3.05, 3.63) is 70.3 Å². The number of carbonyl (C=O) groups is 1. The Morgan fingerprint density at radius 3 is 2.52 bits per heavy atom. The van der Waals surface area contributed by atoms with Crippen LogP contribution in [-0.4, -0.2) is 12.5 Å². The van der Waals surface area contributed by atoms with E-state index in [9.17, 15) is 14.0 Å². The Bertz CT molecular complexity index is 965. The summed E-state index contributed by atoms with van der Waals surface area (Å²) in [7, 11) is 0. The topological polar surface area (TPSA) is 71.3 Å². The van der Waals surface area contributed by atoms with Crippen LogP contribution < -0.4 is 16.3 Å². The normalized spacial score (nSPS) is 10.6. The van der Waals surface area contributed by atoms with Gasteiger partial charge < -0.3 is 15.1 Å². The van der Waals surface area contributed by atoms with Crippen molar-refractivity contribution in [3.63, 3.8) is 0 Å². The van der Waals surface area contributed by atoms with Gasteiger partial charge in [0.05, 0.1) is 12.1 Å². The van der Waals surface area contributed by atoms with E-state index in [0.717, 1.165) is 0 Å². The van der Waals surface area contributed by atoms with Crippen molar-refractivity contribution in [1.29, 1.82) is 0 Å². The van der Waals surface area contributed by atoms with Crippen LogP contribution in [-0.2, 0) is 11.2 Å². The van der Waals surface area contributed by atoms with Crippen LogP contribution >= 0.6 is 0 Å². The van der Waals surface area contributed by atoms with Gasteiger partial charge in [-0.05, 0) is 36.8 Å². The average molecular weight is 340 g/mol. The average Bonchev–Trinajstić information content (AvgIpc) is 2.60. The van der Waals surface area contributed by atoms with Gasteiger partial charge in [0.2, 0.25) is 5.91 Å². The van der Waals surface area contributed by atoms with E-state index in [1.165, 1.54) is 24.3 Å². The van der Waals surface area contributed by atoms with Gasteiger partial charge in [0.25, 0.3) is 0 Å². The first kappa shape index (κ1) is 16.7. The van der Waals surface area contributed by atoms with Gasteiger partial charge in [-0.15, -0.1) is 0 Å². The third-order valence-corrected chi connectivity index (χ3v) is 3.71.